The predicted molar refractivity (Wildman–Crippen MR) is 60.5 cm³/mol. The van der Waals surface area contributed by atoms with Gasteiger partial charge in [0, 0.05) is 6.07 Å². The third kappa shape index (κ3) is 5.58. The fourth-order valence-electron chi connectivity index (χ4n) is 1.09. The molecule has 1 aromatic rings. The highest BCUT2D eigenvalue weighted by atomic mass is 19.4. The summed E-state index contributed by atoms with van der Waals surface area (Å²) in [5.41, 5.74) is -1.07. The van der Waals surface area contributed by atoms with Gasteiger partial charge in [-0.05, 0) is 12.0 Å². The first-order valence-electron chi connectivity index (χ1n) is 5.61. The van der Waals surface area contributed by atoms with E-state index in [2.05, 4.69) is 4.98 Å². The molecule has 1 aromatic heterocycles. The SMILES string of the molecule is CC(C)COC(=O)COc1cccc(C(F)(F)F)n1. The fraction of sp³-hybridized carbons (Fsp3) is 0.500. The normalized spacial score (nSPS) is 11.5. The van der Waals surface area contributed by atoms with E-state index in [9.17, 15) is 18.0 Å². The number of rotatable bonds is 5. The van der Waals surface area contributed by atoms with Crippen molar-refractivity contribution < 1.29 is 27.4 Å². The smallest absolute Gasteiger partial charge is 0.433 e. The molecule has 106 valence electrons. The number of pyridine rings is 1. The van der Waals surface area contributed by atoms with Crippen molar-refractivity contribution in [2.45, 2.75) is 20.0 Å². The molecule has 0 radical (unpaired) electrons. The molecular formula is C12H14F3NO3. The highest BCUT2D eigenvalue weighted by Gasteiger charge is 2.32. The van der Waals surface area contributed by atoms with Crippen LogP contribution in [0.3, 0.4) is 0 Å². The van der Waals surface area contributed by atoms with Crippen LogP contribution < -0.4 is 4.74 Å². The third-order valence-electron chi connectivity index (χ3n) is 1.93. The fourth-order valence-corrected chi connectivity index (χ4v) is 1.09. The van der Waals surface area contributed by atoms with Gasteiger partial charge in [-0.1, -0.05) is 19.9 Å². The lowest BCUT2D eigenvalue weighted by Crippen LogP contribution is -2.18. The van der Waals surface area contributed by atoms with Crippen LogP contribution in [0.15, 0.2) is 18.2 Å². The molecule has 1 rings (SSSR count). The Morgan fingerprint density at radius 1 is 1.37 bits per heavy atom. The lowest BCUT2D eigenvalue weighted by molar-refractivity contribution is -0.147. The number of hydrogen-bond donors (Lipinski definition) is 0. The van der Waals surface area contributed by atoms with Gasteiger partial charge in [0.1, 0.15) is 5.69 Å². The molecule has 0 aromatic carbocycles. The number of alkyl halides is 3. The molecule has 0 unspecified atom stereocenters. The quantitative estimate of drug-likeness (QED) is 0.776. The molecular weight excluding hydrogens is 263 g/mol. The topological polar surface area (TPSA) is 48.4 Å². The van der Waals surface area contributed by atoms with E-state index >= 15 is 0 Å². The number of hydrogen-bond acceptors (Lipinski definition) is 4. The van der Waals surface area contributed by atoms with E-state index in [0.29, 0.717) is 0 Å². The largest absolute Gasteiger partial charge is 0.466 e. The minimum Gasteiger partial charge on any atom is -0.466 e. The average molecular weight is 277 g/mol. The Morgan fingerprint density at radius 2 is 2.05 bits per heavy atom. The van der Waals surface area contributed by atoms with Gasteiger partial charge in [-0.2, -0.15) is 13.2 Å². The molecule has 0 amide bonds. The van der Waals surface area contributed by atoms with Crippen LogP contribution in [0.25, 0.3) is 0 Å². The van der Waals surface area contributed by atoms with Crippen molar-refractivity contribution in [2.24, 2.45) is 5.92 Å². The van der Waals surface area contributed by atoms with Crippen LogP contribution in [-0.2, 0) is 15.7 Å². The van der Waals surface area contributed by atoms with E-state index in [4.69, 9.17) is 9.47 Å². The minimum atomic E-state index is -4.54. The molecule has 0 atom stereocenters. The van der Waals surface area contributed by atoms with Crippen molar-refractivity contribution in [3.63, 3.8) is 0 Å². The molecule has 0 spiro atoms. The molecule has 0 N–H and O–H groups in total. The van der Waals surface area contributed by atoms with Gasteiger partial charge in [-0.25, -0.2) is 9.78 Å². The maximum atomic E-state index is 12.4. The maximum Gasteiger partial charge on any atom is 0.433 e. The van der Waals surface area contributed by atoms with Crippen LogP contribution in [0, 0.1) is 5.92 Å². The predicted octanol–water partition coefficient (Wildman–Crippen LogP) is 2.68. The standard InChI is InChI=1S/C12H14F3NO3/c1-8(2)6-19-11(17)7-18-10-5-3-4-9(16-10)12(13,14)15/h3-5,8H,6-7H2,1-2H3. The first-order chi connectivity index (χ1) is 8.79. The number of carbonyl (C=O) groups excluding carboxylic acids is 1. The zero-order valence-corrected chi connectivity index (χ0v) is 10.5. The molecule has 7 heteroatoms. The van der Waals surface area contributed by atoms with E-state index in [0.717, 1.165) is 12.1 Å². The monoisotopic (exact) mass is 277 g/mol. The first kappa shape index (κ1) is 15.3. The van der Waals surface area contributed by atoms with Crippen molar-refractivity contribution in [1.82, 2.24) is 4.98 Å². The van der Waals surface area contributed by atoms with Crippen molar-refractivity contribution >= 4 is 5.97 Å². The van der Waals surface area contributed by atoms with E-state index in [-0.39, 0.29) is 18.4 Å². The van der Waals surface area contributed by atoms with Crippen molar-refractivity contribution in [1.29, 1.82) is 0 Å². The summed E-state index contributed by atoms with van der Waals surface area (Å²) < 4.78 is 46.8. The minimum absolute atomic E-state index is 0.177. The summed E-state index contributed by atoms with van der Waals surface area (Å²) in [6, 6.07) is 3.22. The molecule has 19 heavy (non-hydrogen) atoms. The zero-order valence-electron chi connectivity index (χ0n) is 10.5. The molecule has 0 aliphatic carbocycles. The van der Waals surface area contributed by atoms with Crippen LogP contribution in [0.2, 0.25) is 0 Å². The average Bonchev–Trinajstić information content (AvgIpc) is 2.33. The van der Waals surface area contributed by atoms with Crippen molar-refractivity contribution in [3.8, 4) is 5.88 Å². The summed E-state index contributed by atoms with van der Waals surface area (Å²) in [7, 11) is 0. The van der Waals surface area contributed by atoms with Crippen LogP contribution in [0.1, 0.15) is 19.5 Å². The van der Waals surface area contributed by atoms with Crippen molar-refractivity contribution in [2.75, 3.05) is 13.2 Å². The van der Waals surface area contributed by atoms with Crippen LogP contribution in [0.5, 0.6) is 5.88 Å². The van der Waals surface area contributed by atoms with Crippen LogP contribution in [-0.4, -0.2) is 24.2 Å². The summed E-state index contributed by atoms with van der Waals surface area (Å²) in [4.78, 5) is 14.5. The molecule has 4 nitrogen and oxygen atoms in total. The number of halogens is 3. The van der Waals surface area contributed by atoms with E-state index in [1.165, 1.54) is 6.07 Å². The zero-order chi connectivity index (χ0) is 14.5. The summed E-state index contributed by atoms with van der Waals surface area (Å²) in [6.07, 6.45) is -4.54. The maximum absolute atomic E-state index is 12.4. The highest BCUT2D eigenvalue weighted by molar-refractivity contribution is 5.71. The van der Waals surface area contributed by atoms with Gasteiger partial charge in [-0.3, -0.25) is 0 Å². The number of ether oxygens (including phenoxy) is 2. The summed E-state index contributed by atoms with van der Waals surface area (Å²) in [5.74, 6) is -0.736. The highest BCUT2D eigenvalue weighted by Crippen LogP contribution is 2.28. The molecule has 0 bridgehead atoms. The second-order valence-electron chi connectivity index (χ2n) is 4.22. The molecule has 0 aliphatic heterocycles. The third-order valence-corrected chi connectivity index (χ3v) is 1.93. The lowest BCUT2D eigenvalue weighted by Gasteiger charge is -2.09. The summed E-state index contributed by atoms with van der Waals surface area (Å²) in [6.45, 7) is 3.49. The number of esters is 1. The van der Waals surface area contributed by atoms with Gasteiger partial charge in [0.05, 0.1) is 6.61 Å². The molecule has 0 aliphatic rings. The van der Waals surface area contributed by atoms with Gasteiger partial charge in [0.25, 0.3) is 0 Å². The lowest BCUT2D eigenvalue weighted by atomic mass is 10.2. The van der Waals surface area contributed by atoms with E-state index < -0.39 is 24.4 Å². The van der Waals surface area contributed by atoms with Gasteiger partial charge < -0.3 is 9.47 Å². The molecule has 0 saturated heterocycles. The summed E-state index contributed by atoms with van der Waals surface area (Å²) in [5, 5.41) is 0. The molecule has 0 saturated carbocycles. The van der Waals surface area contributed by atoms with Gasteiger partial charge in [0.15, 0.2) is 6.61 Å². The second-order valence-corrected chi connectivity index (χ2v) is 4.22. The summed E-state index contributed by atoms with van der Waals surface area (Å²) >= 11 is 0. The van der Waals surface area contributed by atoms with Crippen LogP contribution in [0.4, 0.5) is 13.2 Å². The Kier molecular flexibility index (Phi) is 5.14. The Labute approximate surface area is 108 Å². The number of aromatic nitrogens is 1. The van der Waals surface area contributed by atoms with Gasteiger partial charge in [-0.15, -0.1) is 0 Å². The number of carbonyl (C=O) groups is 1. The Hall–Kier alpha value is -1.79. The molecule has 0 fully saturated rings. The van der Waals surface area contributed by atoms with Gasteiger partial charge >= 0.3 is 12.1 Å². The first-order valence-corrected chi connectivity index (χ1v) is 5.61. The Bertz CT molecular complexity index is 432. The second kappa shape index (κ2) is 6.40. The van der Waals surface area contributed by atoms with Crippen LogP contribution >= 0.6 is 0 Å². The number of nitrogens with zero attached hydrogens (tertiary/aromatic N) is 1. The molecule has 1 heterocycles. The van der Waals surface area contributed by atoms with E-state index in [1.54, 1.807) is 0 Å². The van der Waals surface area contributed by atoms with Crippen molar-refractivity contribution in [3.05, 3.63) is 23.9 Å². The van der Waals surface area contributed by atoms with Gasteiger partial charge in [0.2, 0.25) is 5.88 Å². The Balaban J connectivity index is 2.52. The van der Waals surface area contributed by atoms with E-state index in [1.807, 2.05) is 13.8 Å². The Morgan fingerprint density at radius 3 is 2.63 bits per heavy atom.